The van der Waals surface area contributed by atoms with E-state index in [1.807, 2.05) is 0 Å². The predicted octanol–water partition coefficient (Wildman–Crippen LogP) is 2.87. The van der Waals surface area contributed by atoms with Gasteiger partial charge in [0.25, 0.3) is 10.0 Å². The monoisotopic (exact) mass is 330 g/mol. The van der Waals surface area contributed by atoms with E-state index in [1.165, 1.54) is 37.4 Å². The van der Waals surface area contributed by atoms with Crippen molar-refractivity contribution in [2.24, 2.45) is 0 Å². The topological polar surface area (TPSA) is 81.4 Å². The van der Waals surface area contributed by atoms with Gasteiger partial charge in [-0.25, -0.2) is 12.8 Å². The number of nitrogen functional groups attached to an aromatic ring is 1. The van der Waals surface area contributed by atoms with E-state index in [0.717, 1.165) is 6.07 Å². The average molecular weight is 331 g/mol. The highest BCUT2D eigenvalue weighted by Gasteiger charge is 2.18. The summed E-state index contributed by atoms with van der Waals surface area (Å²) in [6, 6.07) is 7.70. The summed E-state index contributed by atoms with van der Waals surface area (Å²) in [4.78, 5) is -0.108. The van der Waals surface area contributed by atoms with Crippen molar-refractivity contribution >= 4 is 33.0 Å². The van der Waals surface area contributed by atoms with Crippen LogP contribution in [0.25, 0.3) is 0 Å². The van der Waals surface area contributed by atoms with Crippen LogP contribution >= 0.6 is 11.6 Å². The molecule has 112 valence electrons. The second-order valence-corrected chi connectivity index (χ2v) is 6.20. The van der Waals surface area contributed by atoms with Gasteiger partial charge in [0.15, 0.2) is 0 Å². The maximum atomic E-state index is 13.1. The first-order valence-electron chi connectivity index (χ1n) is 5.75. The molecular weight excluding hydrogens is 319 g/mol. The Morgan fingerprint density at radius 3 is 2.52 bits per heavy atom. The first kappa shape index (κ1) is 15.4. The fraction of sp³-hybridized carbons (Fsp3) is 0.0769. The number of sulfonamides is 1. The second kappa shape index (κ2) is 5.79. The molecule has 2 rings (SSSR count). The van der Waals surface area contributed by atoms with Crippen molar-refractivity contribution in [2.45, 2.75) is 4.90 Å². The molecule has 5 nitrogen and oxygen atoms in total. The van der Waals surface area contributed by atoms with Gasteiger partial charge in [0.2, 0.25) is 0 Å². The SMILES string of the molecule is COc1ccc(S(=O)(=O)Nc2ccc(F)c(Cl)c2)c(N)c1. The molecule has 8 heteroatoms. The lowest BCUT2D eigenvalue weighted by molar-refractivity contribution is 0.414. The van der Waals surface area contributed by atoms with Crippen LogP contribution in [0.5, 0.6) is 5.75 Å². The van der Waals surface area contributed by atoms with E-state index in [-0.39, 0.29) is 21.3 Å². The molecule has 21 heavy (non-hydrogen) atoms. The van der Waals surface area contributed by atoms with Crippen LogP contribution in [0, 0.1) is 5.82 Å². The molecule has 0 saturated carbocycles. The molecule has 0 saturated heterocycles. The quantitative estimate of drug-likeness (QED) is 0.845. The van der Waals surface area contributed by atoms with Crippen LogP contribution in [-0.4, -0.2) is 15.5 Å². The lowest BCUT2D eigenvalue weighted by Gasteiger charge is -2.11. The molecule has 0 amide bonds. The molecule has 2 aromatic carbocycles. The normalized spacial score (nSPS) is 11.2. The first-order chi connectivity index (χ1) is 9.83. The van der Waals surface area contributed by atoms with Crippen molar-refractivity contribution in [3.8, 4) is 5.75 Å². The number of nitrogens with two attached hydrogens (primary N) is 1. The molecule has 0 fully saturated rings. The van der Waals surface area contributed by atoms with Gasteiger partial charge < -0.3 is 10.5 Å². The van der Waals surface area contributed by atoms with E-state index in [1.54, 1.807) is 0 Å². The number of anilines is 2. The highest BCUT2D eigenvalue weighted by atomic mass is 35.5. The van der Waals surface area contributed by atoms with Crippen molar-refractivity contribution in [1.82, 2.24) is 0 Å². The zero-order valence-corrected chi connectivity index (χ0v) is 12.5. The Morgan fingerprint density at radius 1 is 1.24 bits per heavy atom. The highest BCUT2D eigenvalue weighted by Crippen LogP contribution is 2.27. The Kier molecular flexibility index (Phi) is 4.24. The van der Waals surface area contributed by atoms with Crippen molar-refractivity contribution in [1.29, 1.82) is 0 Å². The molecule has 0 aliphatic rings. The minimum Gasteiger partial charge on any atom is -0.497 e. The van der Waals surface area contributed by atoms with Crippen LogP contribution < -0.4 is 15.2 Å². The summed E-state index contributed by atoms with van der Waals surface area (Å²) < 4.78 is 44.8. The summed E-state index contributed by atoms with van der Waals surface area (Å²) in [5.41, 5.74) is 5.88. The van der Waals surface area contributed by atoms with Crippen molar-refractivity contribution in [3.05, 3.63) is 47.2 Å². The van der Waals surface area contributed by atoms with Gasteiger partial charge in [-0.1, -0.05) is 11.6 Å². The fourth-order valence-electron chi connectivity index (χ4n) is 1.67. The maximum Gasteiger partial charge on any atom is 0.263 e. The minimum absolute atomic E-state index is 0.0371. The third-order valence-corrected chi connectivity index (χ3v) is 4.42. The van der Waals surface area contributed by atoms with Crippen LogP contribution in [0.4, 0.5) is 15.8 Å². The zero-order chi connectivity index (χ0) is 15.6. The first-order valence-corrected chi connectivity index (χ1v) is 7.61. The van der Waals surface area contributed by atoms with Gasteiger partial charge in [-0.15, -0.1) is 0 Å². The van der Waals surface area contributed by atoms with E-state index >= 15 is 0 Å². The molecule has 0 bridgehead atoms. The number of methoxy groups -OCH3 is 1. The van der Waals surface area contributed by atoms with Crippen LogP contribution in [0.2, 0.25) is 5.02 Å². The maximum absolute atomic E-state index is 13.1. The van der Waals surface area contributed by atoms with Gasteiger partial charge in [-0.05, 0) is 30.3 Å². The summed E-state index contributed by atoms with van der Waals surface area (Å²) in [7, 11) is -2.46. The van der Waals surface area contributed by atoms with Crippen molar-refractivity contribution in [2.75, 3.05) is 17.6 Å². The van der Waals surface area contributed by atoms with Crippen LogP contribution in [0.1, 0.15) is 0 Å². The summed E-state index contributed by atoms with van der Waals surface area (Å²) >= 11 is 5.61. The lowest BCUT2D eigenvalue weighted by atomic mass is 10.3. The summed E-state index contributed by atoms with van der Waals surface area (Å²) in [6.45, 7) is 0. The van der Waals surface area contributed by atoms with Gasteiger partial charge in [-0.2, -0.15) is 0 Å². The Labute approximate surface area is 126 Å². The molecule has 2 aromatic rings. The Balaban J connectivity index is 2.36. The van der Waals surface area contributed by atoms with E-state index in [2.05, 4.69) is 4.72 Å². The Hall–Kier alpha value is -1.99. The zero-order valence-electron chi connectivity index (χ0n) is 10.9. The molecule has 0 aromatic heterocycles. The minimum atomic E-state index is -3.91. The third-order valence-electron chi connectivity index (χ3n) is 2.68. The summed E-state index contributed by atoms with van der Waals surface area (Å²) in [5.74, 6) is -0.195. The molecule has 0 spiro atoms. The number of nitrogens with one attached hydrogen (secondary N) is 1. The number of halogens is 2. The van der Waals surface area contributed by atoms with Gasteiger partial charge in [-0.3, -0.25) is 4.72 Å². The smallest absolute Gasteiger partial charge is 0.263 e. The van der Waals surface area contributed by atoms with Crippen LogP contribution in [0.3, 0.4) is 0 Å². The molecule has 0 aliphatic carbocycles. The van der Waals surface area contributed by atoms with Gasteiger partial charge in [0, 0.05) is 6.07 Å². The highest BCUT2D eigenvalue weighted by molar-refractivity contribution is 7.92. The number of rotatable bonds is 4. The van der Waals surface area contributed by atoms with Gasteiger partial charge >= 0.3 is 0 Å². The van der Waals surface area contributed by atoms with E-state index in [4.69, 9.17) is 22.1 Å². The van der Waals surface area contributed by atoms with E-state index in [0.29, 0.717) is 5.75 Å². The molecule has 0 heterocycles. The average Bonchev–Trinajstić information content (AvgIpc) is 2.42. The molecule has 3 N–H and O–H groups in total. The second-order valence-electron chi connectivity index (χ2n) is 4.14. The van der Waals surface area contributed by atoms with Gasteiger partial charge in [0.05, 0.1) is 23.5 Å². The molecule has 0 unspecified atom stereocenters. The molecular formula is C13H12ClFN2O3S. The van der Waals surface area contributed by atoms with Crippen LogP contribution in [0.15, 0.2) is 41.3 Å². The lowest BCUT2D eigenvalue weighted by Crippen LogP contribution is -2.15. The third kappa shape index (κ3) is 3.37. The van der Waals surface area contributed by atoms with Gasteiger partial charge in [0.1, 0.15) is 16.5 Å². The number of hydrogen-bond donors (Lipinski definition) is 2. The van der Waals surface area contributed by atoms with E-state index in [9.17, 15) is 12.8 Å². The number of hydrogen-bond acceptors (Lipinski definition) is 4. The van der Waals surface area contributed by atoms with Crippen molar-refractivity contribution < 1.29 is 17.5 Å². The van der Waals surface area contributed by atoms with E-state index < -0.39 is 15.8 Å². The van der Waals surface area contributed by atoms with Crippen LogP contribution in [-0.2, 0) is 10.0 Å². The Morgan fingerprint density at radius 2 is 1.95 bits per heavy atom. The summed E-state index contributed by atoms with van der Waals surface area (Å²) in [5, 5.41) is -0.182. The Bertz CT molecular complexity index is 781. The molecule has 0 atom stereocenters. The fourth-order valence-corrected chi connectivity index (χ4v) is 3.01. The number of benzene rings is 2. The van der Waals surface area contributed by atoms with Crippen molar-refractivity contribution in [3.63, 3.8) is 0 Å². The predicted molar refractivity (Wildman–Crippen MR) is 79.6 cm³/mol. The summed E-state index contributed by atoms with van der Waals surface area (Å²) in [6.07, 6.45) is 0. The standard InChI is InChI=1S/C13H12ClFN2O3S/c1-20-9-3-5-13(12(16)7-9)21(18,19)17-8-2-4-11(15)10(14)6-8/h2-7,17H,16H2,1H3. The molecule has 0 radical (unpaired) electrons. The molecule has 0 aliphatic heterocycles. The number of ether oxygens (including phenoxy) is 1. The largest absolute Gasteiger partial charge is 0.497 e.